The molecule has 8 heteroatoms. The van der Waals surface area contributed by atoms with Gasteiger partial charge < -0.3 is 19.8 Å². The number of ether oxygens (including phenoxy) is 2. The summed E-state index contributed by atoms with van der Waals surface area (Å²) < 4.78 is 53.1. The Morgan fingerprint density at radius 2 is 1.40 bits per heavy atom. The number of aryl methyl sites for hydroxylation is 1. The summed E-state index contributed by atoms with van der Waals surface area (Å²) in [7, 11) is 1.56. The van der Waals surface area contributed by atoms with Gasteiger partial charge in [-0.1, -0.05) is 29.8 Å². The number of halogens is 3. The highest BCUT2D eigenvalue weighted by molar-refractivity contribution is 5.65. The second-order valence-electron chi connectivity index (χ2n) is 8.03. The number of anilines is 1. The topological polar surface area (TPSA) is 66.5 Å². The number of hydrogen-bond acceptors (Lipinski definition) is 4. The van der Waals surface area contributed by atoms with Crippen molar-refractivity contribution in [3.05, 3.63) is 106 Å². The number of benzene rings is 3. The molecule has 3 aromatic carbocycles. The van der Waals surface area contributed by atoms with Gasteiger partial charge in [-0.25, -0.2) is 0 Å². The summed E-state index contributed by atoms with van der Waals surface area (Å²) in [5.41, 5.74) is 5.08. The maximum atomic E-state index is 13.6. The Morgan fingerprint density at radius 3 is 1.94 bits per heavy atom. The minimum Gasteiger partial charge on any atom is -0.497 e. The molecule has 180 valence electrons. The molecule has 35 heavy (non-hydrogen) atoms. The van der Waals surface area contributed by atoms with Crippen LogP contribution in [0.15, 0.2) is 83.7 Å². The minimum absolute atomic E-state index is 0.0703. The van der Waals surface area contributed by atoms with E-state index in [1.54, 1.807) is 55.6 Å². The third-order valence-electron chi connectivity index (χ3n) is 5.55. The highest BCUT2D eigenvalue weighted by Crippen LogP contribution is 2.35. The fourth-order valence-corrected chi connectivity index (χ4v) is 3.64. The number of nitrogens with two attached hydrogens (primary N) is 1. The number of aromatic nitrogens is 1. The van der Waals surface area contributed by atoms with Crippen LogP contribution in [0.4, 0.5) is 18.9 Å². The number of pyridine rings is 1. The van der Waals surface area contributed by atoms with E-state index in [4.69, 9.17) is 15.2 Å². The molecule has 1 aromatic heterocycles. The average Bonchev–Trinajstić information content (AvgIpc) is 2.84. The van der Waals surface area contributed by atoms with Crippen LogP contribution in [-0.4, -0.2) is 11.7 Å². The molecule has 5 nitrogen and oxygen atoms in total. The van der Waals surface area contributed by atoms with Crippen LogP contribution in [0.3, 0.4) is 0 Å². The number of nitrogen functional groups attached to an aromatic ring is 1. The van der Waals surface area contributed by atoms with E-state index >= 15 is 0 Å². The standard InChI is InChI=1S/C27H23F3N2O3/c1-17-3-5-18(6-4-17)16-32-24(15-23(27(28,29)30)25(31)26(32)33)19-7-9-21(10-8-19)35-22-13-11-20(34-2)12-14-22/h3-15H,16,31H2,1-2H3. The largest absolute Gasteiger partial charge is 0.497 e. The van der Waals surface area contributed by atoms with Crippen LogP contribution in [-0.2, 0) is 12.7 Å². The van der Waals surface area contributed by atoms with E-state index in [0.29, 0.717) is 22.8 Å². The van der Waals surface area contributed by atoms with Gasteiger partial charge in [0.1, 0.15) is 22.9 Å². The van der Waals surface area contributed by atoms with E-state index in [-0.39, 0.29) is 12.2 Å². The third kappa shape index (κ3) is 5.32. The van der Waals surface area contributed by atoms with Gasteiger partial charge in [-0.05, 0) is 72.6 Å². The van der Waals surface area contributed by atoms with Crippen molar-refractivity contribution >= 4 is 5.69 Å². The van der Waals surface area contributed by atoms with E-state index in [9.17, 15) is 18.0 Å². The molecule has 0 spiro atoms. The van der Waals surface area contributed by atoms with Crippen molar-refractivity contribution in [1.82, 2.24) is 4.57 Å². The summed E-state index contributed by atoms with van der Waals surface area (Å²) in [4.78, 5) is 13.0. The van der Waals surface area contributed by atoms with Gasteiger partial charge in [0.2, 0.25) is 0 Å². The molecule has 0 aliphatic heterocycles. The smallest absolute Gasteiger partial charge is 0.418 e. The quantitative estimate of drug-likeness (QED) is 0.353. The first-order valence-electron chi connectivity index (χ1n) is 10.7. The van der Waals surface area contributed by atoms with Gasteiger partial charge >= 0.3 is 6.18 Å². The van der Waals surface area contributed by atoms with Crippen LogP contribution >= 0.6 is 0 Å². The SMILES string of the molecule is COc1ccc(Oc2ccc(-c3cc(C(F)(F)F)c(N)c(=O)n3Cc3ccc(C)cc3)cc2)cc1. The summed E-state index contributed by atoms with van der Waals surface area (Å²) in [6, 6.07) is 21.8. The molecule has 0 atom stereocenters. The first kappa shape index (κ1) is 23.9. The number of hydrogen-bond donors (Lipinski definition) is 1. The van der Waals surface area contributed by atoms with Gasteiger partial charge in [0, 0.05) is 0 Å². The predicted molar refractivity (Wildman–Crippen MR) is 129 cm³/mol. The molecule has 0 aliphatic rings. The average molecular weight is 480 g/mol. The second-order valence-corrected chi connectivity index (χ2v) is 8.03. The number of rotatable bonds is 6. The van der Waals surface area contributed by atoms with Crippen molar-refractivity contribution in [1.29, 1.82) is 0 Å². The molecular formula is C27H23F3N2O3. The molecule has 0 radical (unpaired) electrons. The van der Waals surface area contributed by atoms with Crippen LogP contribution in [0.1, 0.15) is 16.7 Å². The number of methoxy groups -OCH3 is 1. The van der Waals surface area contributed by atoms with Gasteiger partial charge in [-0.2, -0.15) is 13.2 Å². The Labute approximate surface area is 200 Å². The zero-order chi connectivity index (χ0) is 25.2. The number of alkyl halides is 3. The molecule has 0 amide bonds. The molecule has 0 aliphatic carbocycles. The molecule has 0 fully saturated rings. The van der Waals surface area contributed by atoms with E-state index in [1.165, 1.54) is 4.57 Å². The zero-order valence-corrected chi connectivity index (χ0v) is 19.1. The molecule has 0 saturated carbocycles. The Morgan fingerprint density at radius 1 is 0.857 bits per heavy atom. The first-order chi connectivity index (χ1) is 16.7. The van der Waals surface area contributed by atoms with Gasteiger partial charge in [-0.15, -0.1) is 0 Å². The Kier molecular flexibility index (Phi) is 6.55. The highest BCUT2D eigenvalue weighted by atomic mass is 19.4. The lowest BCUT2D eigenvalue weighted by Crippen LogP contribution is -2.28. The van der Waals surface area contributed by atoms with E-state index < -0.39 is 23.0 Å². The summed E-state index contributed by atoms with van der Waals surface area (Å²) >= 11 is 0. The Bertz CT molecular complexity index is 1380. The summed E-state index contributed by atoms with van der Waals surface area (Å²) in [6.45, 7) is 1.99. The highest BCUT2D eigenvalue weighted by Gasteiger charge is 2.35. The normalized spacial score (nSPS) is 11.3. The lowest BCUT2D eigenvalue weighted by Gasteiger charge is -2.18. The fraction of sp³-hybridized carbons (Fsp3) is 0.148. The molecule has 0 bridgehead atoms. The van der Waals surface area contributed by atoms with E-state index in [2.05, 4.69) is 0 Å². The lowest BCUT2D eigenvalue weighted by molar-refractivity contribution is -0.137. The van der Waals surface area contributed by atoms with Crippen LogP contribution < -0.4 is 20.8 Å². The van der Waals surface area contributed by atoms with Crippen LogP contribution in [0.25, 0.3) is 11.3 Å². The van der Waals surface area contributed by atoms with Gasteiger partial charge in [0.25, 0.3) is 5.56 Å². The molecule has 4 aromatic rings. The summed E-state index contributed by atoms with van der Waals surface area (Å²) in [6.07, 6.45) is -4.77. The predicted octanol–water partition coefficient (Wildman–Crippen LogP) is 6.27. The third-order valence-corrected chi connectivity index (χ3v) is 5.55. The Hall–Kier alpha value is -4.20. The molecule has 2 N–H and O–H groups in total. The molecule has 1 heterocycles. The molecule has 0 saturated heterocycles. The maximum absolute atomic E-state index is 13.6. The van der Waals surface area contributed by atoms with Gasteiger partial charge in [-0.3, -0.25) is 4.79 Å². The van der Waals surface area contributed by atoms with Crippen molar-refractivity contribution in [3.8, 4) is 28.5 Å². The van der Waals surface area contributed by atoms with Crippen molar-refractivity contribution in [2.75, 3.05) is 12.8 Å². The van der Waals surface area contributed by atoms with Gasteiger partial charge in [0.05, 0.1) is 24.9 Å². The second kappa shape index (κ2) is 9.58. The summed E-state index contributed by atoms with van der Waals surface area (Å²) in [5, 5.41) is 0. The van der Waals surface area contributed by atoms with Crippen LogP contribution in [0, 0.1) is 6.92 Å². The molecule has 4 rings (SSSR count). The minimum atomic E-state index is -4.77. The van der Waals surface area contributed by atoms with E-state index in [0.717, 1.165) is 17.2 Å². The van der Waals surface area contributed by atoms with Crippen molar-refractivity contribution < 1.29 is 22.6 Å². The van der Waals surface area contributed by atoms with Crippen LogP contribution in [0.2, 0.25) is 0 Å². The number of nitrogens with zero attached hydrogens (tertiary/aromatic N) is 1. The monoisotopic (exact) mass is 480 g/mol. The molecular weight excluding hydrogens is 457 g/mol. The lowest BCUT2D eigenvalue weighted by atomic mass is 10.1. The maximum Gasteiger partial charge on any atom is 0.418 e. The van der Waals surface area contributed by atoms with Crippen molar-refractivity contribution in [2.45, 2.75) is 19.6 Å². The summed E-state index contributed by atoms with van der Waals surface area (Å²) in [5.74, 6) is 1.74. The van der Waals surface area contributed by atoms with Crippen molar-refractivity contribution in [3.63, 3.8) is 0 Å². The van der Waals surface area contributed by atoms with E-state index in [1.807, 2.05) is 31.2 Å². The Balaban J connectivity index is 1.74. The zero-order valence-electron chi connectivity index (χ0n) is 19.1. The molecule has 0 unspecified atom stereocenters. The fourth-order valence-electron chi connectivity index (χ4n) is 3.64. The van der Waals surface area contributed by atoms with Crippen molar-refractivity contribution in [2.24, 2.45) is 0 Å². The van der Waals surface area contributed by atoms with Crippen LogP contribution in [0.5, 0.6) is 17.2 Å². The van der Waals surface area contributed by atoms with Gasteiger partial charge in [0.15, 0.2) is 0 Å². The first-order valence-corrected chi connectivity index (χ1v) is 10.7.